The van der Waals surface area contributed by atoms with Gasteiger partial charge >= 0.3 is 0 Å². The molecular formula is C27H31N3OS. The van der Waals surface area contributed by atoms with E-state index < -0.39 is 0 Å². The maximum atomic E-state index is 9.54. The Morgan fingerprint density at radius 3 is 2.84 bits per heavy atom. The number of rotatable bonds is 8. The van der Waals surface area contributed by atoms with Crippen LogP contribution in [0.4, 0.5) is 0 Å². The molecule has 5 heteroatoms. The first-order chi connectivity index (χ1) is 15.6. The van der Waals surface area contributed by atoms with Gasteiger partial charge in [0.25, 0.3) is 0 Å². The molecule has 0 amide bonds. The minimum absolute atomic E-state index is 0.0417. The van der Waals surface area contributed by atoms with Crippen LogP contribution in [0.2, 0.25) is 0 Å². The van der Waals surface area contributed by atoms with Crippen LogP contribution in [0.25, 0.3) is 4.91 Å². The van der Waals surface area contributed by atoms with Gasteiger partial charge in [-0.3, -0.25) is 9.89 Å². The third-order valence-electron chi connectivity index (χ3n) is 6.22. The number of likely N-dealkylation sites (tertiary alicyclic amines) is 1. The molecule has 4 nitrogen and oxygen atoms in total. The molecule has 0 radical (unpaired) electrons. The fourth-order valence-corrected chi connectivity index (χ4v) is 5.83. The SMILES string of the molecule is C=N/C=C(\SCc1ccc(OC(C)C)c(C#N)c1)c1cccc2c1CCC2N1CCCC1. The van der Waals surface area contributed by atoms with Crippen molar-refractivity contribution in [3.8, 4) is 11.8 Å². The van der Waals surface area contributed by atoms with Gasteiger partial charge in [-0.2, -0.15) is 5.26 Å². The first-order valence-corrected chi connectivity index (χ1v) is 12.4. The quantitative estimate of drug-likeness (QED) is 0.444. The van der Waals surface area contributed by atoms with E-state index in [-0.39, 0.29) is 6.10 Å². The zero-order valence-corrected chi connectivity index (χ0v) is 19.8. The highest BCUT2D eigenvalue weighted by Crippen LogP contribution is 2.43. The summed E-state index contributed by atoms with van der Waals surface area (Å²) in [6.07, 6.45) is 6.87. The second-order valence-electron chi connectivity index (χ2n) is 8.74. The fourth-order valence-electron chi connectivity index (χ4n) is 4.84. The summed E-state index contributed by atoms with van der Waals surface area (Å²) >= 11 is 1.75. The zero-order valence-electron chi connectivity index (χ0n) is 19.0. The Hall–Kier alpha value is -2.55. The van der Waals surface area contributed by atoms with Crippen LogP contribution in [-0.2, 0) is 12.2 Å². The summed E-state index contributed by atoms with van der Waals surface area (Å²) in [6, 6.07) is 15.4. The van der Waals surface area contributed by atoms with Crippen LogP contribution in [0, 0.1) is 11.3 Å². The Labute approximate surface area is 196 Å². The van der Waals surface area contributed by atoms with E-state index in [4.69, 9.17) is 4.74 Å². The lowest BCUT2D eigenvalue weighted by Gasteiger charge is -2.24. The summed E-state index contributed by atoms with van der Waals surface area (Å²) in [7, 11) is 0. The van der Waals surface area contributed by atoms with E-state index in [0.717, 1.165) is 22.6 Å². The van der Waals surface area contributed by atoms with Crippen LogP contribution in [0.15, 0.2) is 47.6 Å². The molecule has 1 aliphatic carbocycles. The topological polar surface area (TPSA) is 48.6 Å². The van der Waals surface area contributed by atoms with E-state index in [1.54, 1.807) is 11.8 Å². The van der Waals surface area contributed by atoms with Gasteiger partial charge in [-0.1, -0.05) is 24.3 Å². The Bertz CT molecular complexity index is 1050. The number of aliphatic imine (C=N–C) groups is 1. The van der Waals surface area contributed by atoms with Crippen molar-refractivity contribution < 1.29 is 4.74 Å². The number of ether oxygens (including phenoxy) is 1. The zero-order chi connectivity index (χ0) is 22.5. The third kappa shape index (κ3) is 4.92. The average Bonchev–Trinajstić information content (AvgIpc) is 3.46. The second kappa shape index (κ2) is 10.4. The van der Waals surface area contributed by atoms with Crippen molar-refractivity contribution in [3.05, 3.63) is 70.4 Å². The highest BCUT2D eigenvalue weighted by atomic mass is 32.2. The van der Waals surface area contributed by atoms with Gasteiger partial charge < -0.3 is 4.74 Å². The predicted molar refractivity (Wildman–Crippen MR) is 134 cm³/mol. The third-order valence-corrected chi connectivity index (χ3v) is 7.33. The van der Waals surface area contributed by atoms with Crippen LogP contribution in [0.3, 0.4) is 0 Å². The van der Waals surface area contributed by atoms with E-state index >= 15 is 0 Å². The van der Waals surface area contributed by atoms with Crippen LogP contribution in [0.1, 0.15) is 67.0 Å². The molecule has 0 bridgehead atoms. The number of hydrogen-bond donors (Lipinski definition) is 0. The molecule has 1 unspecified atom stereocenters. The summed E-state index contributed by atoms with van der Waals surface area (Å²) in [5.74, 6) is 1.41. The Morgan fingerprint density at radius 1 is 1.31 bits per heavy atom. The second-order valence-corrected chi connectivity index (χ2v) is 9.76. The van der Waals surface area contributed by atoms with Gasteiger partial charge in [0.15, 0.2) is 0 Å². The van der Waals surface area contributed by atoms with E-state index in [9.17, 15) is 5.26 Å². The summed E-state index contributed by atoms with van der Waals surface area (Å²) in [5.41, 5.74) is 5.91. The number of benzene rings is 2. The Morgan fingerprint density at radius 2 is 2.12 bits per heavy atom. The Kier molecular flexibility index (Phi) is 7.34. The van der Waals surface area contributed by atoms with Crippen LogP contribution >= 0.6 is 11.8 Å². The van der Waals surface area contributed by atoms with Crippen molar-refractivity contribution >= 4 is 23.4 Å². The van der Waals surface area contributed by atoms with Crippen LogP contribution in [-0.4, -0.2) is 30.8 Å². The molecule has 0 saturated carbocycles. The summed E-state index contributed by atoms with van der Waals surface area (Å²) in [6.45, 7) is 10.1. The molecule has 32 heavy (non-hydrogen) atoms. The lowest BCUT2D eigenvalue weighted by molar-refractivity contribution is 0.241. The number of nitrogens with zero attached hydrogens (tertiary/aromatic N) is 3. The van der Waals surface area contributed by atoms with Crippen LogP contribution in [0.5, 0.6) is 5.75 Å². The van der Waals surface area contributed by atoms with Crippen molar-refractivity contribution in [1.82, 2.24) is 4.90 Å². The predicted octanol–water partition coefficient (Wildman–Crippen LogP) is 6.36. The standard InChI is InChI=1S/C27H31N3OS/c1-19(2)31-26-12-9-20(15-21(26)16-28)18-32-27(17-29-3)24-8-6-7-23-22(24)10-11-25(23)30-13-4-5-14-30/h6-9,12,15,17,19,25H,3-5,10-11,13-14,18H2,1-2H3/b27-17-. The first-order valence-electron chi connectivity index (χ1n) is 11.5. The highest BCUT2D eigenvalue weighted by molar-refractivity contribution is 8.07. The molecule has 2 aliphatic rings. The van der Waals surface area contributed by atoms with Gasteiger partial charge in [-0.25, -0.2) is 0 Å². The summed E-state index contributed by atoms with van der Waals surface area (Å²) < 4.78 is 5.76. The van der Waals surface area contributed by atoms with Crippen LogP contribution < -0.4 is 4.74 Å². The molecule has 1 aliphatic heterocycles. The molecule has 2 aromatic carbocycles. The lowest BCUT2D eigenvalue weighted by atomic mass is 10.0. The summed E-state index contributed by atoms with van der Waals surface area (Å²) in [5, 5.41) is 9.54. The summed E-state index contributed by atoms with van der Waals surface area (Å²) in [4.78, 5) is 7.91. The minimum Gasteiger partial charge on any atom is -0.490 e. The van der Waals surface area contributed by atoms with Crippen molar-refractivity contribution in [2.75, 3.05) is 13.1 Å². The van der Waals surface area contributed by atoms with E-state index in [0.29, 0.717) is 17.4 Å². The van der Waals surface area contributed by atoms with Crippen molar-refractivity contribution in [3.63, 3.8) is 0 Å². The molecule has 4 rings (SSSR count). The van der Waals surface area contributed by atoms with Gasteiger partial charge in [0.1, 0.15) is 11.8 Å². The van der Waals surface area contributed by atoms with Gasteiger partial charge in [-0.05, 0) is 93.7 Å². The molecule has 166 valence electrons. The molecular weight excluding hydrogens is 414 g/mol. The number of hydrogen-bond acceptors (Lipinski definition) is 5. The van der Waals surface area contributed by atoms with Crippen molar-refractivity contribution in [2.24, 2.45) is 4.99 Å². The first kappa shape index (κ1) is 22.6. The molecule has 1 atom stereocenters. The van der Waals surface area contributed by atoms with Crippen molar-refractivity contribution in [1.29, 1.82) is 5.26 Å². The average molecular weight is 446 g/mol. The molecule has 1 heterocycles. The number of thioether (sulfide) groups is 1. The monoisotopic (exact) mass is 445 g/mol. The van der Waals surface area contributed by atoms with Gasteiger partial charge in [0.05, 0.1) is 11.7 Å². The number of nitriles is 1. The smallest absolute Gasteiger partial charge is 0.137 e. The number of fused-ring (bicyclic) bond motifs is 1. The maximum absolute atomic E-state index is 9.54. The Balaban J connectivity index is 1.54. The van der Waals surface area contributed by atoms with E-state index in [1.807, 2.05) is 38.2 Å². The maximum Gasteiger partial charge on any atom is 0.137 e. The fraction of sp³-hybridized carbons (Fsp3) is 0.407. The largest absolute Gasteiger partial charge is 0.490 e. The normalized spacial score (nSPS) is 18.6. The minimum atomic E-state index is 0.0417. The molecule has 0 aromatic heterocycles. The molecule has 0 spiro atoms. The molecule has 0 N–H and O–H groups in total. The van der Waals surface area contributed by atoms with Gasteiger partial charge in [0.2, 0.25) is 0 Å². The highest BCUT2D eigenvalue weighted by Gasteiger charge is 2.31. The van der Waals surface area contributed by atoms with Gasteiger partial charge in [-0.15, -0.1) is 11.8 Å². The van der Waals surface area contributed by atoms with E-state index in [2.05, 4.69) is 40.9 Å². The lowest BCUT2D eigenvalue weighted by Crippen LogP contribution is -2.23. The van der Waals surface area contributed by atoms with Gasteiger partial charge in [0, 0.05) is 22.9 Å². The molecule has 1 saturated heterocycles. The molecule has 2 aromatic rings. The van der Waals surface area contributed by atoms with Crippen molar-refractivity contribution in [2.45, 2.75) is 57.4 Å². The molecule has 1 fully saturated rings. The van der Waals surface area contributed by atoms with E-state index in [1.165, 1.54) is 49.0 Å².